The molecule has 0 radical (unpaired) electrons. The zero-order valence-corrected chi connectivity index (χ0v) is 10.4. The van der Waals surface area contributed by atoms with Crippen LogP contribution >= 0.6 is 0 Å². The second-order valence-electron chi connectivity index (χ2n) is 4.16. The third-order valence-corrected chi connectivity index (χ3v) is 1.92. The van der Waals surface area contributed by atoms with E-state index in [0.29, 0.717) is 11.7 Å². The van der Waals surface area contributed by atoms with E-state index in [1.165, 1.54) is 0 Å². The molecule has 0 aliphatic heterocycles. The number of hydrazone groups is 1. The molecule has 0 spiro atoms. The Bertz CT molecular complexity index is 400. The number of benzene rings is 1. The zero-order chi connectivity index (χ0) is 12.7. The van der Waals surface area contributed by atoms with E-state index in [-0.39, 0.29) is 12.5 Å². The summed E-state index contributed by atoms with van der Waals surface area (Å²) in [6.45, 7) is 5.91. The van der Waals surface area contributed by atoms with E-state index in [1.807, 2.05) is 45.0 Å². The minimum Gasteiger partial charge on any atom is -0.484 e. The highest BCUT2D eigenvalue weighted by atomic mass is 16.5. The second-order valence-corrected chi connectivity index (χ2v) is 4.16. The van der Waals surface area contributed by atoms with Crippen molar-refractivity contribution in [2.45, 2.75) is 20.8 Å². The maximum Gasteiger partial charge on any atom is 0.277 e. The Hall–Kier alpha value is -1.84. The van der Waals surface area contributed by atoms with E-state index in [9.17, 15) is 4.79 Å². The van der Waals surface area contributed by atoms with Crippen LogP contribution in [0, 0.1) is 12.8 Å². The Morgan fingerprint density at radius 1 is 1.53 bits per heavy atom. The van der Waals surface area contributed by atoms with Gasteiger partial charge in [-0.2, -0.15) is 5.10 Å². The van der Waals surface area contributed by atoms with Gasteiger partial charge >= 0.3 is 0 Å². The van der Waals surface area contributed by atoms with Gasteiger partial charge in [-0.1, -0.05) is 26.0 Å². The average molecular weight is 234 g/mol. The Balaban J connectivity index is 2.33. The highest BCUT2D eigenvalue weighted by Gasteiger charge is 2.01. The highest BCUT2D eigenvalue weighted by Crippen LogP contribution is 2.11. The van der Waals surface area contributed by atoms with Crippen molar-refractivity contribution >= 4 is 12.1 Å². The largest absolute Gasteiger partial charge is 0.484 e. The van der Waals surface area contributed by atoms with Crippen molar-refractivity contribution in [1.82, 2.24) is 5.43 Å². The topological polar surface area (TPSA) is 50.7 Å². The summed E-state index contributed by atoms with van der Waals surface area (Å²) in [5, 5.41) is 3.80. The molecule has 1 N–H and O–H groups in total. The zero-order valence-electron chi connectivity index (χ0n) is 10.4. The molecule has 1 rings (SSSR count). The Morgan fingerprint density at radius 2 is 2.29 bits per heavy atom. The number of ether oxygens (including phenoxy) is 1. The fourth-order valence-electron chi connectivity index (χ4n) is 1.14. The van der Waals surface area contributed by atoms with Crippen molar-refractivity contribution in [2.75, 3.05) is 6.61 Å². The van der Waals surface area contributed by atoms with Gasteiger partial charge in [0.15, 0.2) is 6.61 Å². The molecule has 1 aromatic rings. The number of nitrogens with one attached hydrogen (secondary N) is 1. The molecular formula is C13H18N2O2. The molecule has 4 nitrogen and oxygen atoms in total. The number of amides is 1. The third-order valence-electron chi connectivity index (χ3n) is 1.92. The molecule has 0 bridgehead atoms. The van der Waals surface area contributed by atoms with Gasteiger partial charge in [-0.05, 0) is 30.5 Å². The molecule has 0 aliphatic rings. The first-order valence-corrected chi connectivity index (χ1v) is 5.59. The van der Waals surface area contributed by atoms with Gasteiger partial charge in [0.2, 0.25) is 0 Å². The number of rotatable bonds is 5. The van der Waals surface area contributed by atoms with Crippen LogP contribution in [0.1, 0.15) is 19.4 Å². The van der Waals surface area contributed by atoms with Gasteiger partial charge in [0.1, 0.15) is 5.75 Å². The number of carbonyl (C=O) groups excluding carboxylic acids is 1. The predicted octanol–water partition coefficient (Wildman–Crippen LogP) is 2.13. The number of hydrogen-bond acceptors (Lipinski definition) is 3. The molecule has 1 amide bonds. The lowest BCUT2D eigenvalue weighted by atomic mass is 10.2. The second kappa shape index (κ2) is 6.68. The van der Waals surface area contributed by atoms with Gasteiger partial charge in [0.25, 0.3) is 5.91 Å². The van der Waals surface area contributed by atoms with Crippen molar-refractivity contribution < 1.29 is 9.53 Å². The van der Waals surface area contributed by atoms with Gasteiger partial charge in [0, 0.05) is 6.21 Å². The molecule has 0 aromatic heterocycles. The van der Waals surface area contributed by atoms with Crippen molar-refractivity contribution in [2.24, 2.45) is 11.0 Å². The van der Waals surface area contributed by atoms with E-state index in [0.717, 1.165) is 5.56 Å². The van der Waals surface area contributed by atoms with Crippen molar-refractivity contribution in [1.29, 1.82) is 0 Å². The molecule has 0 atom stereocenters. The fraction of sp³-hybridized carbons (Fsp3) is 0.385. The van der Waals surface area contributed by atoms with Gasteiger partial charge in [0.05, 0.1) is 0 Å². The lowest BCUT2D eigenvalue weighted by Gasteiger charge is -2.05. The molecule has 0 fully saturated rings. The smallest absolute Gasteiger partial charge is 0.277 e. The number of hydrogen-bond donors (Lipinski definition) is 1. The van der Waals surface area contributed by atoms with Crippen LogP contribution in [-0.4, -0.2) is 18.7 Å². The lowest BCUT2D eigenvalue weighted by molar-refractivity contribution is -0.123. The normalized spacial score (nSPS) is 10.8. The van der Waals surface area contributed by atoms with Crippen molar-refractivity contribution in [3.8, 4) is 5.75 Å². The first kappa shape index (κ1) is 13.2. The predicted molar refractivity (Wildman–Crippen MR) is 68.1 cm³/mol. The lowest BCUT2D eigenvalue weighted by Crippen LogP contribution is -2.24. The fourth-order valence-corrected chi connectivity index (χ4v) is 1.14. The molecule has 92 valence electrons. The SMILES string of the molecule is Cc1cccc(OCC(=O)N/N=C/C(C)C)c1. The maximum atomic E-state index is 11.3. The van der Waals surface area contributed by atoms with Crippen LogP contribution in [0.15, 0.2) is 29.4 Å². The molecule has 0 saturated carbocycles. The molecule has 4 heteroatoms. The van der Waals surface area contributed by atoms with E-state index in [2.05, 4.69) is 10.5 Å². The average Bonchev–Trinajstić information content (AvgIpc) is 2.26. The van der Waals surface area contributed by atoms with Crippen LogP contribution in [0.25, 0.3) is 0 Å². The Labute approximate surface area is 102 Å². The first-order chi connectivity index (χ1) is 8.08. The van der Waals surface area contributed by atoms with E-state index < -0.39 is 0 Å². The van der Waals surface area contributed by atoms with Crippen molar-refractivity contribution in [3.63, 3.8) is 0 Å². The third kappa shape index (κ3) is 5.70. The molecule has 0 aliphatic carbocycles. The van der Waals surface area contributed by atoms with Crippen LogP contribution in [0.5, 0.6) is 5.75 Å². The first-order valence-electron chi connectivity index (χ1n) is 5.59. The number of nitrogens with zero attached hydrogens (tertiary/aromatic N) is 1. The Kier molecular flexibility index (Phi) is 5.20. The van der Waals surface area contributed by atoms with Crippen molar-refractivity contribution in [3.05, 3.63) is 29.8 Å². The van der Waals surface area contributed by atoms with E-state index >= 15 is 0 Å². The van der Waals surface area contributed by atoms with Crippen LogP contribution in [0.4, 0.5) is 0 Å². The highest BCUT2D eigenvalue weighted by molar-refractivity contribution is 5.78. The monoisotopic (exact) mass is 234 g/mol. The number of aryl methyl sites for hydroxylation is 1. The summed E-state index contributed by atoms with van der Waals surface area (Å²) >= 11 is 0. The summed E-state index contributed by atoms with van der Waals surface area (Å²) in [5.41, 5.74) is 3.50. The Morgan fingerprint density at radius 3 is 2.94 bits per heavy atom. The standard InChI is InChI=1S/C13H18N2O2/c1-10(2)8-14-15-13(16)9-17-12-6-4-5-11(3)7-12/h4-8,10H,9H2,1-3H3,(H,15,16)/b14-8+. The summed E-state index contributed by atoms with van der Waals surface area (Å²) in [6, 6.07) is 7.56. The quantitative estimate of drug-likeness (QED) is 0.626. The maximum absolute atomic E-state index is 11.3. The molecule has 1 aromatic carbocycles. The summed E-state index contributed by atoms with van der Waals surface area (Å²) in [6.07, 6.45) is 1.67. The summed E-state index contributed by atoms with van der Waals surface area (Å²) in [4.78, 5) is 11.3. The summed E-state index contributed by atoms with van der Waals surface area (Å²) in [7, 11) is 0. The van der Waals surface area contributed by atoms with Crippen LogP contribution in [0.2, 0.25) is 0 Å². The molecule has 17 heavy (non-hydrogen) atoms. The van der Waals surface area contributed by atoms with Gasteiger partial charge in [-0.15, -0.1) is 0 Å². The molecule has 0 saturated heterocycles. The van der Waals surface area contributed by atoms with Gasteiger partial charge in [-0.3, -0.25) is 4.79 Å². The molecular weight excluding hydrogens is 216 g/mol. The van der Waals surface area contributed by atoms with E-state index in [4.69, 9.17) is 4.74 Å². The number of carbonyl (C=O) groups is 1. The molecule has 0 unspecified atom stereocenters. The van der Waals surface area contributed by atoms with Crippen LogP contribution < -0.4 is 10.2 Å². The van der Waals surface area contributed by atoms with Gasteiger partial charge < -0.3 is 4.74 Å². The van der Waals surface area contributed by atoms with Crippen LogP contribution in [0.3, 0.4) is 0 Å². The minimum absolute atomic E-state index is 0.0289. The molecule has 0 heterocycles. The summed E-state index contributed by atoms with van der Waals surface area (Å²) in [5.74, 6) is 0.740. The van der Waals surface area contributed by atoms with Gasteiger partial charge in [-0.25, -0.2) is 5.43 Å². The van der Waals surface area contributed by atoms with Crippen LogP contribution in [-0.2, 0) is 4.79 Å². The van der Waals surface area contributed by atoms with E-state index in [1.54, 1.807) is 6.21 Å². The minimum atomic E-state index is -0.261. The summed E-state index contributed by atoms with van der Waals surface area (Å²) < 4.78 is 5.32.